The van der Waals surface area contributed by atoms with E-state index in [1.807, 2.05) is 20.8 Å². The molecule has 1 aliphatic heterocycles. The van der Waals surface area contributed by atoms with E-state index < -0.39 is 11.5 Å². The first-order chi connectivity index (χ1) is 8.81. The summed E-state index contributed by atoms with van der Waals surface area (Å²) in [6.45, 7) is 6.46. The topological polar surface area (TPSA) is 91.2 Å². The van der Waals surface area contributed by atoms with Gasteiger partial charge in [0.1, 0.15) is 11.8 Å². The van der Waals surface area contributed by atoms with Crippen molar-refractivity contribution in [2.24, 2.45) is 5.16 Å². The third-order valence-electron chi connectivity index (χ3n) is 2.59. The Morgan fingerprint density at radius 1 is 1.47 bits per heavy atom. The Labute approximate surface area is 112 Å². The van der Waals surface area contributed by atoms with Crippen molar-refractivity contribution in [3.63, 3.8) is 0 Å². The molecule has 19 heavy (non-hydrogen) atoms. The van der Waals surface area contributed by atoms with Crippen molar-refractivity contribution >= 4 is 18.2 Å². The molecule has 0 radical (unpaired) electrons. The summed E-state index contributed by atoms with van der Waals surface area (Å²) in [6, 6.07) is -0.147. The first kappa shape index (κ1) is 15.3. The number of ether oxygens (including phenoxy) is 1. The molecule has 1 rings (SSSR count). The third kappa shape index (κ3) is 5.58. The Balaban J connectivity index is 2.50. The summed E-state index contributed by atoms with van der Waals surface area (Å²) in [5.41, 5.74) is -0.531. The summed E-state index contributed by atoms with van der Waals surface area (Å²) >= 11 is 0. The van der Waals surface area contributed by atoms with Crippen LogP contribution in [-0.2, 0) is 9.53 Å². The smallest absolute Gasteiger partial charge is 0.410 e. The molecule has 108 valence electrons. The average molecular weight is 271 g/mol. The normalized spacial score (nSPS) is 20.4. The second-order valence-electron chi connectivity index (χ2n) is 5.52. The molecule has 0 aromatic carbocycles. The molecule has 1 aliphatic rings. The van der Waals surface area contributed by atoms with Crippen LogP contribution in [0.5, 0.6) is 0 Å². The molecule has 1 saturated heterocycles. The second-order valence-corrected chi connectivity index (χ2v) is 5.52. The van der Waals surface area contributed by atoms with Gasteiger partial charge < -0.3 is 20.2 Å². The van der Waals surface area contributed by atoms with Crippen molar-refractivity contribution in [1.82, 2.24) is 10.2 Å². The standard InChI is InChI=1S/C12H21N3O4/c1-12(2,3)19-11(17)15-6-4-5-9(8-15)14-10(16)7-13-18/h7,9,18H,4-6,8H2,1-3H3,(H,14,16)/b13-7+. The van der Waals surface area contributed by atoms with Gasteiger partial charge in [-0.1, -0.05) is 5.16 Å². The van der Waals surface area contributed by atoms with E-state index in [9.17, 15) is 9.59 Å². The maximum absolute atomic E-state index is 11.9. The van der Waals surface area contributed by atoms with Gasteiger partial charge in [-0.25, -0.2) is 4.79 Å². The third-order valence-corrected chi connectivity index (χ3v) is 2.59. The summed E-state index contributed by atoms with van der Waals surface area (Å²) in [6.07, 6.45) is 2.00. The van der Waals surface area contributed by atoms with E-state index in [1.165, 1.54) is 0 Å². The number of rotatable bonds is 2. The second kappa shape index (κ2) is 6.40. The van der Waals surface area contributed by atoms with Gasteiger partial charge in [-0.2, -0.15) is 0 Å². The van der Waals surface area contributed by atoms with Crippen LogP contribution in [0.1, 0.15) is 33.6 Å². The summed E-state index contributed by atoms with van der Waals surface area (Å²) in [5, 5.41) is 13.6. The molecule has 0 bridgehead atoms. The van der Waals surface area contributed by atoms with Gasteiger partial charge in [-0.3, -0.25) is 4.79 Å². The highest BCUT2D eigenvalue weighted by Gasteiger charge is 2.28. The zero-order chi connectivity index (χ0) is 14.5. The van der Waals surface area contributed by atoms with E-state index in [0.29, 0.717) is 13.1 Å². The molecule has 0 saturated carbocycles. The molecular formula is C12H21N3O4. The molecule has 0 aliphatic carbocycles. The van der Waals surface area contributed by atoms with Crippen molar-refractivity contribution in [1.29, 1.82) is 0 Å². The van der Waals surface area contributed by atoms with Crippen molar-refractivity contribution in [2.45, 2.75) is 45.3 Å². The maximum atomic E-state index is 11.9. The minimum absolute atomic E-state index is 0.147. The number of nitrogens with one attached hydrogen (secondary N) is 1. The highest BCUT2D eigenvalue weighted by molar-refractivity contribution is 6.26. The number of likely N-dealkylation sites (tertiary alicyclic amines) is 1. The zero-order valence-electron chi connectivity index (χ0n) is 11.5. The minimum Gasteiger partial charge on any atom is -0.444 e. The fourth-order valence-electron chi connectivity index (χ4n) is 1.88. The highest BCUT2D eigenvalue weighted by atomic mass is 16.6. The van der Waals surface area contributed by atoms with Gasteiger partial charge in [0.2, 0.25) is 0 Å². The Bertz CT molecular complexity index is 362. The van der Waals surface area contributed by atoms with Crippen molar-refractivity contribution in [3.8, 4) is 0 Å². The van der Waals surface area contributed by atoms with E-state index in [2.05, 4.69) is 10.5 Å². The molecule has 7 heteroatoms. The predicted molar refractivity (Wildman–Crippen MR) is 69.3 cm³/mol. The van der Waals surface area contributed by atoms with Crippen LogP contribution in [0, 0.1) is 0 Å². The van der Waals surface area contributed by atoms with Gasteiger partial charge in [-0.05, 0) is 33.6 Å². The van der Waals surface area contributed by atoms with Crippen LogP contribution in [0.15, 0.2) is 5.16 Å². The fourth-order valence-corrected chi connectivity index (χ4v) is 1.88. The van der Waals surface area contributed by atoms with Crippen LogP contribution in [0.25, 0.3) is 0 Å². The van der Waals surface area contributed by atoms with Crippen LogP contribution in [-0.4, -0.2) is 53.1 Å². The molecule has 1 unspecified atom stereocenters. The molecule has 0 aromatic rings. The molecule has 0 spiro atoms. The van der Waals surface area contributed by atoms with Crippen LogP contribution < -0.4 is 5.32 Å². The molecule has 1 fully saturated rings. The Morgan fingerprint density at radius 2 is 2.16 bits per heavy atom. The number of carbonyl (C=O) groups is 2. The van der Waals surface area contributed by atoms with Crippen molar-refractivity contribution in [3.05, 3.63) is 0 Å². The van der Waals surface area contributed by atoms with Gasteiger partial charge in [0.05, 0.1) is 0 Å². The number of nitrogens with zero attached hydrogens (tertiary/aromatic N) is 2. The Kier molecular flexibility index (Phi) is 5.14. The van der Waals surface area contributed by atoms with Crippen LogP contribution in [0.3, 0.4) is 0 Å². The lowest BCUT2D eigenvalue weighted by molar-refractivity contribution is -0.115. The Morgan fingerprint density at radius 3 is 2.74 bits per heavy atom. The zero-order valence-corrected chi connectivity index (χ0v) is 11.5. The van der Waals surface area contributed by atoms with Crippen LogP contribution >= 0.6 is 0 Å². The Hall–Kier alpha value is -1.79. The van der Waals surface area contributed by atoms with Crippen LogP contribution in [0.4, 0.5) is 4.79 Å². The van der Waals surface area contributed by atoms with Crippen LogP contribution in [0.2, 0.25) is 0 Å². The average Bonchev–Trinajstić information content (AvgIpc) is 2.27. The highest BCUT2D eigenvalue weighted by Crippen LogP contribution is 2.15. The number of hydrogen-bond acceptors (Lipinski definition) is 5. The fraction of sp³-hybridized carbons (Fsp3) is 0.750. The molecule has 2 N–H and O–H groups in total. The van der Waals surface area contributed by atoms with Gasteiger partial charge in [0, 0.05) is 19.1 Å². The molecular weight excluding hydrogens is 250 g/mol. The van der Waals surface area contributed by atoms with Gasteiger partial charge in [-0.15, -0.1) is 0 Å². The van der Waals surface area contributed by atoms with Gasteiger partial charge >= 0.3 is 6.09 Å². The van der Waals surface area contributed by atoms with Crippen molar-refractivity contribution in [2.75, 3.05) is 13.1 Å². The first-order valence-electron chi connectivity index (χ1n) is 6.27. The summed E-state index contributed by atoms with van der Waals surface area (Å²) in [5.74, 6) is -0.474. The quantitative estimate of drug-likeness (QED) is 0.444. The molecule has 1 heterocycles. The maximum Gasteiger partial charge on any atom is 0.410 e. The lowest BCUT2D eigenvalue weighted by Crippen LogP contribution is -2.50. The van der Waals surface area contributed by atoms with E-state index in [0.717, 1.165) is 19.1 Å². The van der Waals surface area contributed by atoms with Gasteiger partial charge in [0.25, 0.3) is 5.91 Å². The van der Waals surface area contributed by atoms with Crippen molar-refractivity contribution < 1.29 is 19.5 Å². The molecule has 2 amide bonds. The first-order valence-corrected chi connectivity index (χ1v) is 6.27. The lowest BCUT2D eigenvalue weighted by atomic mass is 10.1. The minimum atomic E-state index is -0.531. The summed E-state index contributed by atoms with van der Waals surface area (Å²) in [7, 11) is 0. The molecule has 1 atom stereocenters. The number of hydrogen-bond donors (Lipinski definition) is 2. The largest absolute Gasteiger partial charge is 0.444 e. The predicted octanol–water partition coefficient (Wildman–Crippen LogP) is 0.962. The van der Waals surface area contributed by atoms with E-state index in [1.54, 1.807) is 4.90 Å². The SMILES string of the molecule is CC(C)(C)OC(=O)N1CCCC(NC(=O)/C=N/O)C1. The number of amides is 2. The number of oxime groups is 1. The number of piperidine rings is 1. The lowest BCUT2D eigenvalue weighted by Gasteiger charge is -2.34. The molecule has 0 aromatic heterocycles. The summed E-state index contributed by atoms with van der Waals surface area (Å²) < 4.78 is 5.29. The van der Waals surface area contributed by atoms with E-state index in [4.69, 9.17) is 9.94 Å². The monoisotopic (exact) mass is 271 g/mol. The number of carbonyl (C=O) groups excluding carboxylic acids is 2. The molecule has 7 nitrogen and oxygen atoms in total. The van der Waals surface area contributed by atoms with Gasteiger partial charge in [0.15, 0.2) is 0 Å². The summed E-state index contributed by atoms with van der Waals surface area (Å²) in [4.78, 5) is 24.7. The van der Waals surface area contributed by atoms with E-state index >= 15 is 0 Å². The van der Waals surface area contributed by atoms with E-state index in [-0.39, 0.29) is 12.1 Å².